The quantitative estimate of drug-likeness (QED) is 0.574. The molecule has 0 aliphatic carbocycles. The lowest BCUT2D eigenvalue weighted by molar-refractivity contribution is -0.145. The SMILES string of the molecule is CCOC(=O)[C@H](CCS(=N)(=O)CCCC(F)(F)F)NC(=O)OC(C)(C)C. The highest BCUT2D eigenvalue weighted by atomic mass is 32.2. The Balaban J connectivity index is 4.77. The fraction of sp³-hybridized carbons (Fsp3) is 0.867. The number of rotatable bonds is 9. The number of amides is 1. The predicted octanol–water partition coefficient (Wildman–Crippen LogP) is 3.22. The zero-order valence-electron chi connectivity index (χ0n) is 15.4. The Kier molecular flexibility index (Phi) is 9.40. The molecule has 0 aliphatic rings. The Morgan fingerprint density at radius 1 is 1.19 bits per heavy atom. The van der Waals surface area contributed by atoms with Gasteiger partial charge in [-0.25, -0.2) is 13.8 Å². The lowest BCUT2D eigenvalue weighted by Gasteiger charge is -2.23. The second kappa shape index (κ2) is 9.98. The average Bonchev–Trinajstić information content (AvgIpc) is 2.39. The first-order chi connectivity index (χ1) is 11.7. The van der Waals surface area contributed by atoms with E-state index in [0.29, 0.717) is 0 Å². The number of esters is 1. The number of carbonyl (C=O) groups excluding carboxylic acids is 2. The number of hydrogen-bond acceptors (Lipinski definition) is 6. The van der Waals surface area contributed by atoms with Gasteiger partial charge in [-0.2, -0.15) is 13.2 Å². The van der Waals surface area contributed by atoms with Crippen molar-refractivity contribution in [2.75, 3.05) is 18.1 Å². The van der Waals surface area contributed by atoms with E-state index in [2.05, 4.69) is 5.32 Å². The summed E-state index contributed by atoms with van der Waals surface area (Å²) in [6, 6.07) is -1.20. The van der Waals surface area contributed by atoms with Crippen molar-refractivity contribution in [2.24, 2.45) is 0 Å². The lowest BCUT2D eigenvalue weighted by atomic mass is 10.2. The van der Waals surface area contributed by atoms with Gasteiger partial charge in [-0.15, -0.1) is 0 Å². The molecule has 0 radical (unpaired) electrons. The van der Waals surface area contributed by atoms with Crippen LogP contribution in [0.5, 0.6) is 0 Å². The summed E-state index contributed by atoms with van der Waals surface area (Å²) in [6.07, 6.45) is -7.02. The molecule has 154 valence electrons. The number of hydrogen-bond donors (Lipinski definition) is 2. The highest BCUT2D eigenvalue weighted by Crippen LogP contribution is 2.22. The minimum Gasteiger partial charge on any atom is -0.464 e. The van der Waals surface area contributed by atoms with Gasteiger partial charge in [0, 0.05) is 27.7 Å². The van der Waals surface area contributed by atoms with Crippen LogP contribution < -0.4 is 5.32 Å². The van der Waals surface area contributed by atoms with Crippen LogP contribution in [0.3, 0.4) is 0 Å². The average molecular weight is 404 g/mol. The zero-order valence-corrected chi connectivity index (χ0v) is 16.2. The van der Waals surface area contributed by atoms with Gasteiger partial charge in [0.25, 0.3) is 0 Å². The van der Waals surface area contributed by atoms with E-state index in [0.717, 1.165) is 0 Å². The van der Waals surface area contributed by atoms with Crippen LogP contribution in [-0.2, 0) is 24.0 Å². The molecule has 0 saturated heterocycles. The molecule has 0 saturated carbocycles. The van der Waals surface area contributed by atoms with Gasteiger partial charge in [-0.3, -0.25) is 4.78 Å². The van der Waals surface area contributed by atoms with Crippen molar-refractivity contribution in [2.45, 2.75) is 64.8 Å². The van der Waals surface area contributed by atoms with Gasteiger partial charge >= 0.3 is 18.2 Å². The van der Waals surface area contributed by atoms with Crippen molar-refractivity contribution in [1.82, 2.24) is 5.32 Å². The summed E-state index contributed by atoms with van der Waals surface area (Å²) in [5, 5.41) is 2.29. The first-order valence-electron chi connectivity index (χ1n) is 8.12. The minimum absolute atomic E-state index is 0.0488. The molecule has 0 spiro atoms. The summed E-state index contributed by atoms with van der Waals surface area (Å²) in [5.41, 5.74) is -0.802. The molecule has 0 rings (SSSR count). The van der Waals surface area contributed by atoms with Gasteiger partial charge in [0.15, 0.2) is 0 Å². The Morgan fingerprint density at radius 3 is 2.23 bits per heavy atom. The predicted molar refractivity (Wildman–Crippen MR) is 90.3 cm³/mol. The molecular formula is C15H27F3N2O5S. The Morgan fingerprint density at radius 2 is 1.77 bits per heavy atom. The molecule has 0 bridgehead atoms. The van der Waals surface area contributed by atoms with E-state index in [1.807, 2.05) is 0 Å². The molecule has 0 aromatic rings. The molecule has 1 unspecified atom stereocenters. The number of alkyl carbamates (subject to hydrolysis) is 1. The Labute approximate surface area is 152 Å². The maximum absolute atomic E-state index is 12.1. The van der Waals surface area contributed by atoms with Crippen LogP contribution in [-0.4, -0.2) is 52.2 Å². The number of ether oxygens (including phenoxy) is 2. The van der Waals surface area contributed by atoms with E-state index < -0.39 is 58.2 Å². The molecule has 0 aliphatic heterocycles. The van der Waals surface area contributed by atoms with E-state index in [4.69, 9.17) is 14.3 Å². The largest absolute Gasteiger partial charge is 0.464 e. The van der Waals surface area contributed by atoms with Crippen LogP contribution in [0.15, 0.2) is 0 Å². The summed E-state index contributed by atoms with van der Waals surface area (Å²) < 4.78 is 66.0. The molecular weight excluding hydrogens is 377 g/mol. The third-order valence-electron chi connectivity index (χ3n) is 2.93. The maximum Gasteiger partial charge on any atom is 0.408 e. The molecule has 2 atom stereocenters. The van der Waals surface area contributed by atoms with Crippen molar-refractivity contribution in [3.8, 4) is 0 Å². The summed E-state index contributed by atoms with van der Waals surface area (Å²) in [6.45, 7) is 6.50. The lowest BCUT2D eigenvalue weighted by Crippen LogP contribution is -2.45. The van der Waals surface area contributed by atoms with Gasteiger partial charge in [-0.05, 0) is 40.5 Å². The first kappa shape index (κ1) is 24.5. The molecule has 0 fully saturated rings. The second-order valence-corrected chi connectivity index (χ2v) is 9.12. The van der Waals surface area contributed by atoms with E-state index in [-0.39, 0.29) is 18.8 Å². The van der Waals surface area contributed by atoms with Crippen LogP contribution in [0.1, 0.15) is 47.0 Å². The Bertz CT molecular complexity index is 571. The number of alkyl halides is 3. The molecule has 0 heterocycles. The normalized spacial score (nSPS) is 15.7. The molecule has 11 heteroatoms. The van der Waals surface area contributed by atoms with Crippen molar-refractivity contribution in [1.29, 1.82) is 4.78 Å². The van der Waals surface area contributed by atoms with Crippen molar-refractivity contribution >= 4 is 21.8 Å². The molecule has 7 nitrogen and oxygen atoms in total. The van der Waals surface area contributed by atoms with Gasteiger partial charge in [0.05, 0.1) is 6.61 Å². The third kappa shape index (κ3) is 12.8. The summed E-state index contributed by atoms with van der Waals surface area (Å²) in [4.78, 5) is 23.7. The second-order valence-electron chi connectivity index (χ2n) is 6.68. The monoisotopic (exact) mass is 404 g/mol. The highest BCUT2D eigenvalue weighted by molar-refractivity contribution is 7.92. The maximum atomic E-state index is 12.1. The van der Waals surface area contributed by atoms with Crippen LogP contribution in [0.25, 0.3) is 0 Å². The van der Waals surface area contributed by atoms with E-state index in [1.54, 1.807) is 27.7 Å². The Hall–Kier alpha value is -1.52. The molecule has 0 aromatic carbocycles. The third-order valence-corrected chi connectivity index (χ3v) is 4.78. The topological polar surface area (TPSA) is 106 Å². The molecule has 26 heavy (non-hydrogen) atoms. The van der Waals surface area contributed by atoms with Crippen LogP contribution in [0.2, 0.25) is 0 Å². The highest BCUT2D eigenvalue weighted by Gasteiger charge is 2.28. The van der Waals surface area contributed by atoms with Crippen molar-refractivity contribution < 1.29 is 36.4 Å². The molecule has 0 aromatic heterocycles. The standard InChI is InChI=1S/C15H27F3N2O5S/c1-5-24-12(21)11(20-13(22)25-14(2,3)4)7-10-26(19,23)9-6-8-15(16,17)18/h11,19H,5-10H2,1-4H3,(H,20,22)/t11-,26?/m0/s1. The first-order valence-corrected chi connectivity index (χ1v) is 10.0. The van der Waals surface area contributed by atoms with Gasteiger partial charge in [0.1, 0.15) is 11.6 Å². The van der Waals surface area contributed by atoms with Crippen molar-refractivity contribution in [3.63, 3.8) is 0 Å². The number of carbonyl (C=O) groups is 2. The fourth-order valence-corrected chi connectivity index (χ4v) is 3.29. The van der Waals surface area contributed by atoms with Gasteiger partial charge < -0.3 is 14.8 Å². The van der Waals surface area contributed by atoms with E-state index >= 15 is 0 Å². The van der Waals surface area contributed by atoms with Gasteiger partial charge in [-0.1, -0.05) is 0 Å². The zero-order chi connectivity index (χ0) is 20.6. The van der Waals surface area contributed by atoms with Crippen LogP contribution in [0, 0.1) is 4.78 Å². The van der Waals surface area contributed by atoms with Gasteiger partial charge in [0.2, 0.25) is 0 Å². The van der Waals surface area contributed by atoms with E-state index in [1.165, 1.54) is 0 Å². The van der Waals surface area contributed by atoms with Crippen LogP contribution in [0.4, 0.5) is 18.0 Å². The molecule has 2 N–H and O–H groups in total. The van der Waals surface area contributed by atoms with Crippen LogP contribution >= 0.6 is 0 Å². The summed E-state index contributed by atoms with van der Waals surface area (Å²) in [5.74, 6) is -1.57. The summed E-state index contributed by atoms with van der Waals surface area (Å²) in [7, 11) is -3.32. The summed E-state index contributed by atoms with van der Waals surface area (Å²) >= 11 is 0. The molecule has 1 amide bonds. The van der Waals surface area contributed by atoms with Crippen molar-refractivity contribution in [3.05, 3.63) is 0 Å². The number of halogens is 3. The number of nitrogens with one attached hydrogen (secondary N) is 2. The smallest absolute Gasteiger partial charge is 0.408 e. The van der Waals surface area contributed by atoms with E-state index in [9.17, 15) is 27.0 Å². The fourth-order valence-electron chi connectivity index (χ4n) is 1.86. The minimum atomic E-state index is -4.37.